The molecule has 0 spiro atoms. The van der Waals surface area contributed by atoms with Crippen molar-refractivity contribution in [1.82, 2.24) is 4.90 Å². The Morgan fingerprint density at radius 2 is 2.00 bits per heavy atom. The van der Waals surface area contributed by atoms with Gasteiger partial charge in [0.05, 0.1) is 18.5 Å². The van der Waals surface area contributed by atoms with Crippen LogP contribution in [-0.4, -0.2) is 30.7 Å². The van der Waals surface area contributed by atoms with Gasteiger partial charge in [0.1, 0.15) is 0 Å². The van der Waals surface area contributed by atoms with Gasteiger partial charge in [-0.3, -0.25) is 4.90 Å². The second-order valence-electron chi connectivity index (χ2n) is 2.59. The molecule has 5 heteroatoms. The zero-order chi connectivity index (χ0) is 8.48. The van der Waals surface area contributed by atoms with Gasteiger partial charge in [-0.25, -0.2) is 0 Å². The molecule has 1 saturated heterocycles. The van der Waals surface area contributed by atoms with Gasteiger partial charge in [0.2, 0.25) is 0 Å². The van der Waals surface area contributed by atoms with E-state index in [2.05, 4.69) is 0 Å². The standard InChI is InChI=1S/C6H7F3N2/c7-6(8,9)5-3-11(4-5)2-1-10/h5H,2-4H2. The Morgan fingerprint density at radius 1 is 1.45 bits per heavy atom. The minimum absolute atomic E-state index is 0.0168. The van der Waals surface area contributed by atoms with Crippen molar-refractivity contribution in [2.45, 2.75) is 6.18 Å². The molecule has 1 heterocycles. The lowest BCUT2D eigenvalue weighted by Gasteiger charge is -2.38. The van der Waals surface area contributed by atoms with E-state index in [0.717, 1.165) is 0 Å². The van der Waals surface area contributed by atoms with Crippen LogP contribution in [-0.2, 0) is 0 Å². The van der Waals surface area contributed by atoms with Crippen molar-refractivity contribution < 1.29 is 13.2 Å². The lowest BCUT2D eigenvalue weighted by molar-refractivity contribution is -0.207. The fourth-order valence-corrected chi connectivity index (χ4v) is 1.01. The van der Waals surface area contributed by atoms with Gasteiger partial charge in [0, 0.05) is 13.1 Å². The van der Waals surface area contributed by atoms with Gasteiger partial charge < -0.3 is 0 Å². The highest BCUT2D eigenvalue weighted by Gasteiger charge is 2.46. The first kappa shape index (κ1) is 8.34. The smallest absolute Gasteiger partial charge is 0.289 e. The number of hydrogen-bond acceptors (Lipinski definition) is 2. The molecule has 11 heavy (non-hydrogen) atoms. The van der Waals surface area contributed by atoms with Crippen LogP contribution in [0.15, 0.2) is 0 Å². The van der Waals surface area contributed by atoms with Crippen molar-refractivity contribution in [2.75, 3.05) is 19.6 Å². The Balaban J connectivity index is 2.25. The highest BCUT2D eigenvalue weighted by Crippen LogP contribution is 2.32. The third-order valence-corrected chi connectivity index (χ3v) is 1.71. The van der Waals surface area contributed by atoms with Gasteiger partial charge >= 0.3 is 6.18 Å². The summed E-state index contributed by atoms with van der Waals surface area (Å²) in [4.78, 5) is 1.47. The summed E-state index contributed by atoms with van der Waals surface area (Å²) < 4.78 is 35.4. The Hall–Kier alpha value is -0.760. The van der Waals surface area contributed by atoms with Crippen molar-refractivity contribution in [3.05, 3.63) is 0 Å². The summed E-state index contributed by atoms with van der Waals surface area (Å²) in [6.07, 6.45) is -4.08. The van der Waals surface area contributed by atoms with Crippen molar-refractivity contribution >= 4 is 0 Å². The second-order valence-corrected chi connectivity index (χ2v) is 2.59. The molecule has 0 N–H and O–H groups in total. The zero-order valence-electron chi connectivity index (χ0n) is 5.73. The summed E-state index contributed by atoms with van der Waals surface area (Å²) in [6, 6.07) is 1.80. The van der Waals surface area contributed by atoms with Gasteiger partial charge in [-0.05, 0) is 0 Å². The van der Waals surface area contributed by atoms with E-state index in [-0.39, 0.29) is 19.6 Å². The first-order chi connectivity index (χ1) is 5.04. The minimum Gasteiger partial charge on any atom is -0.289 e. The maximum Gasteiger partial charge on any atom is 0.394 e. The first-order valence-electron chi connectivity index (χ1n) is 3.20. The highest BCUT2D eigenvalue weighted by molar-refractivity contribution is 4.89. The van der Waals surface area contributed by atoms with E-state index >= 15 is 0 Å². The van der Waals surface area contributed by atoms with Gasteiger partial charge in [-0.1, -0.05) is 0 Å². The van der Waals surface area contributed by atoms with E-state index in [1.807, 2.05) is 0 Å². The van der Waals surface area contributed by atoms with Crippen LogP contribution in [0.1, 0.15) is 0 Å². The number of likely N-dealkylation sites (tertiary alicyclic amines) is 1. The Bertz CT molecular complexity index is 175. The minimum atomic E-state index is -4.08. The first-order valence-corrected chi connectivity index (χ1v) is 3.20. The van der Waals surface area contributed by atoms with Crippen LogP contribution in [0, 0.1) is 17.2 Å². The monoisotopic (exact) mass is 164 g/mol. The lowest BCUT2D eigenvalue weighted by Crippen LogP contribution is -2.53. The van der Waals surface area contributed by atoms with Crippen molar-refractivity contribution in [1.29, 1.82) is 5.26 Å². The summed E-state index contributed by atoms with van der Waals surface area (Å²) in [5, 5.41) is 8.12. The van der Waals surface area contributed by atoms with Crippen LogP contribution in [0.25, 0.3) is 0 Å². The van der Waals surface area contributed by atoms with Crippen molar-refractivity contribution in [3.8, 4) is 6.07 Å². The summed E-state index contributed by atoms with van der Waals surface area (Å²) in [6.45, 7) is 0.0701. The predicted molar refractivity (Wildman–Crippen MR) is 31.6 cm³/mol. The van der Waals surface area contributed by atoms with Crippen LogP contribution in [0.3, 0.4) is 0 Å². The molecule has 0 aromatic carbocycles. The second kappa shape index (κ2) is 2.70. The summed E-state index contributed by atoms with van der Waals surface area (Å²) in [5.74, 6) is -1.21. The molecule has 0 saturated carbocycles. The molecule has 1 fully saturated rings. The molecular weight excluding hydrogens is 157 g/mol. The number of nitriles is 1. The van der Waals surface area contributed by atoms with E-state index in [0.29, 0.717) is 0 Å². The molecule has 0 radical (unpaired) electrons. The maximum absolute atomic E-state index is 11.8. The van der Waals surface area contributed by atoms with Crippen LogP contribution in [0.2, 0.25) is 0 Å². The third-order valence-electron chi connectivity index (χ3n) is 1.71. The van der Waals surface area contributed by atoms with Crippen LogP contribution >= 0.6 is 0 Å². The summed E-state index contributed by atoms with van der Waals surface area (Å²) in [7, 11) is 0. The molecule has 1 aliphatic heterocycles. The number of hydrogen-bond donors (Lipinski definition) is 0. The number of nitrogens with zero attached hydrogens (tertiary/aromatic N) is 2. The van der Waals surface area contributed by atoms with Crippen molar-refractivity contribution in [2.24, 2.45) is 5.92 Å². The van der Waals surface area contributed by atoms with E-state index in [4.69, 9.17) is 5.26 Å². The fourth-order valence-electron chi connectivity index (χ4n) is 1.01. The maximum atomic E-state index is 11.8. The quantitative estimate of drug-likeness (QED) is 0.540. The Morgan fingerprint density at radius 3 is 2.36 bits per heavy atom. The van der Waals surface area contributed by atoms with Gasteiger partial charge in [0.15, 0.2) is 0 Å². The molecule has 0 aromatic heterocycles. The topological polar surface area (TPSA) is 27.0 Å². The summed E-state index contributed by atoms with van der Waals surface area (Å²) >= 11 is 0. The molecule has 0 bridgehead atoms. The Labute approximate surface area is 62.2 Å². The van der Waals surface area contributed by atoms with Gasteiger partial charge in [-0.2, -0.15) is 18.4 Å². The fraction of sp³-hybridized carbons (Fsp3) is 0.833. The number of alkyl halides is 3. The molecule has 62 valence electrons. The molecule has 1 rings (SSSR count). The molecule has 0 aliphatic carbocycles. The Kier molecular flexibility index (Phi) is 2.05. The van der Waals surface area contributed by atoms with E-state index < -0.39 is 12.1 Å². The van der Waals surface area contributed by atoms with Gasteiger partial charge in [-0.15, -0.1) is 0 Å². The molecule has 0 amide bonds. The van der Waals surface area contributed by atoms with Crippen LogP contribution < -0.4 is 0 Å². The molecule has 2 nitrogen and oxygen atoms in total. The number of halogens is 3. The SMILES string of the molecule is N#CCN1CC(C(F)(F)F)C1. The van der Waals surface area contributed by atoms with E-state index in [9.17, 15) is 13.2 Å². The lowest BCUT2D eigenvalue weighted by atomic mass is 10.0. The average Bonchev–Trinajstić information content (AvgIpc) is 1.74. The third kappa shape index (κ3) is 1.84. The van der Waals surface area contributed by atoms with Gasteiger partial charge in [0.25, 0.3) is 0 Å². The molecular formula is C6H7F3N2. The van der Waals surface area contributed by atoms with Crippen LogP contribution in [0.4, 0.5) is 13.2 Å². The van der Waals surface area contributed by atoms with Crippen molar-refractivity contribution in [3.63, 3.8) is 0 Å². The molecule has 0 unspecified atom stereocenters. The highest BCUT2D eigenvalue weighted by atomic mass is 19.4. The van der Waals surface area contributed by atoms with Crippen LogP contribution in [0.5, 0.6) is 0 Å². The normalized spacial score (nSPS) is 20.9. The number of rotatable bonds is 1. The molecule has 0 atom stereocenters. The zero-order valence-corrected chi connectivity index (χ0v) is 5.73. The molecule has 1 aliphatic rings. The average molecular weight is 164 g/mol. The summed E-state index contributed by atoms with van der Waals surface area (Å²) in [5.41, 5.74) is 0. The van der Waals surface area contributed by atoms with E-state index in [1.54, 1.807) is 6.07 Å². The largest absolute Gasteiger partial charge is 0.394 e. The van der Waals surface area contributed by atoms with E-state index in [1.165, 1.54) is 4.90 Å². The predicted octanol–water partition coefficient (Wildman–Crippen LogP) is 1.00. The molecule has 0 aromatic rings.